The molecule has 57 heavy (non-hydrogen) atoms. The van der Waals surface area contributed by atoms with Crippen LogP contribution in [0, 0.1) is 38.5 Å². The zero-order valence-corrected chi connectivity index (χ0v) is 34.0. The second-order valence-electron chi connectivity index (χ2n) is 14.7. The first kappa shape index (κ1) is 28.7. The largest absolute Gasteiger partial charge is 0.500 e. The number of hydrogen-bond acceptors (Lipinski definition) is 3. The smallest absolute Gasteiger partial charge is 0.123 e. The topological polar surface area (TPSA) is 43.3 Å². The molecule has 10 aromatic rings. The normalized spacial score (nSPS) is 14.7. The maximum atomic E-state index is 14.8. The van der Waals surface area contributed by atoms with Gasteiger partial charge in [0, 0.05) is 49.5 Å². The molecule has 4 heterocycles. The molecule has 0 bridgehead atoms. The molecule has 0 aliphatic heterocycles. The summed E-state index contributed by atoms with van der Waals surface area (Å²) >= 11 is 0. The summed E-state index contributed by atoms with van der Waals surface area (Å²) in [6.45, 7) is 1.07. The number of pyridine rings is 2. The number of rotatable bonds is 4. The summed E-state index contributed by atoms with van der Waals surface area (Å²) in [6.07, 6.45) is 1.02. The molecule has 0 saturated carbocycles. The Hall–Kier alpha value is -5.68. The van der Waals surface area contributed by atoms with Gasteiger partial charge < -0.3 is 13.8 Å². The van der Waals surface area contributed by atoms with Crippen LogP contribution in [-0.4, -0.2) is 14.4 Å². The average Bonchev–Trinajstić information content (AvgIpc) is 3.84. The van der Waals surface area contributed by atoms with E-state index in [-0.39, 0.29) is 60.1 Å². The van der Waals surface area contributed by atoms with Crippen LogP contribution in [0.3, 0.4) is 0 Å². The minimum absolute atomic E-state index is 0. The van der Waals surface area contributed by atoms with Crippen LogP contribution in [0.5, 0.6) is 0 Å². The molecule has 0 aliphatic carbocycles. The zero-order chi connectivity index (χ0) is 46.3. The standard InChI is InChI=1S/C37H28FN2O.C14H14N.Ir/c1-20(2)27-18-23(38)19-28(21(3)4)34(27)22-13-14-24-31(17-22)40-30-11-7-6-10-29(30)39-37(40)26-15-16-33-36(35(24)26)25-9-5-8-12-32(25)41-33;1-10-4-6-13(7-5-10)14-8-11(2)12(3)9-15-14;/h5-14,16-21H,1-4H3;4-6,8-9H,1-3H3;/q2*-1;/i;1D3,2D3,3D3;. The summed E-state index contributed by atoms with van der Waals surface area (Å²) in [5, 5.41) is 5.31. The summed E-state index contributed by atoms with van der Waals surface area (Å²) < 4.78 is 90.3. The fraction of sp³-hybridized carbons (Fsp3) is 0.176. The molecule has 10 rings (SSSR count). The van der Waals surface area contributed by atoms with Crippen LogP contribution in [0.15, 0.2) is 120 Å². The van der Waals surface area contributed by atoms with Crippen LogP contribution < -0.4 is 0 Å². The molecule has 4 aromatic heterocycles. The van der Waals surface area contributed by atoms with Crippen molar-refractivity contribution in [2.45, 2.75) is 60.1 Å². The fourth-order valence-electron chi connectivity index (χ4n) is 7.81. The van der Waals surface area contributed by atoms with E-state index < -0.39 is 20.6 Å². The molecule has 6 aromatic carbocycles. The first-order chi connectivity index (χ1) is 30.7. The van der Waals surface area contributed by atoms with Crippen molar-refractivity contribution in [2.75, 3.05) is 0 Å². The average molecular weight is 933 g/mol. The molecule has 0 aliphatic rings. The van der Waals surface area contributed by atoms with Crippen LogP contribution in [0.2, 0.25) is 0 Å². The molecule has 0 saturated heterocycles. The van der Waals surface area contributed by atoms with Crippen molar-refractivity contribution in [1.29, 1.82) is 0 Å². The summed E-state index contributed by atoms with van der Waals surface area (Å²) in [5.74, 6) is 0.165. The first-order valence-corrected chi connectivity index (χ1v) is 18.6. The SMILES string of the molecule is CC(C)c1cc(F)cc(C(C)C)c1-c1ccc2c3c([c-]cc4oc5ccccc5c43)c3nc4ccccc4n3c2c1.[2H]C([2H])([2H])c1c[c-]c(-c2cc(C([2H])([2H])[2H])c(C([2H])([2H])[2H])cn2)cc1.[Ir]. The van der Waals surface area contributed by atoms with Gasteiger partial charge >= 0.3 is 0 Å². The van der Waals surface area contributed by atoms with Crippen molar-refractivity contribution in [3.05, 3.63) is 161 Å². The first-order valence-electron chi connectivity index (χ1n) is 23.1. The minimum atomic E-state index is -2.61. The molecular weight excluding hydrogens is 882 g/mol. The second kappa shape index (κ2) is 15.0. The van der Waals surface area contributed by atoms with Gasteiger partial charge in [-0.3, -0.25) is 4.98 Å². The van der Waals surface area contributed by atoms with Gasteiger partial charge in [-0.25, -0.2) is 4.39 Å². The van der Waals surface area contributed by atoms with E-state index in [1.165, 1.54) is 24.3 Å². The summed E-state index contributed by atoms with van der Waals surface area (Å²) in [6, 6.07) is 40.1. The van der Waals surface area contributed by atoms with E-state index in [1.54, 1.807) is 12.1 Å². The predicted molar refractivity (Wildman–Crippen MR) is 230 cm³/mol. The molecule has 0 fully saturated rings. The van der Waals surface area contributed by atoms with E-state index >= 15 is 0 Å². The Morgan fingerprint density at radius 1 is 0.719 bits per heavy atom. The third kappa shape index (κ3) is 6.61. The molecule has 0 spiro atoms. The van der Waals surface area contributed by atoms with Gasteiger partial charge in [0.25, 0.3) is 0 Å². The number of furan rings is 1. The minimum Gasteiger partial charge on any atom is -0.500 e. The van der Waals surface area contributed by atoms with Crippen LogP contribution in [0.1, 0.15) is 79.7 Å². The van der Waals surface area contributed by atoms with E-state index in [4.69, 9.17) is 21.7 Å². The Bertz CT molecular complexity index is 3450. The van der Waals surface area contributed by atoms with E-state index in [0.717, 1.165) is 88.7 Å². The Labute approximate surface area is 358 Å². The zero-order valence-electron chi connectivity index (χ0n) is 40.6. The number of fused-ring (bicyclic) bond motifs is 12. The van der Waals surface area contributed by atoms with Crippen LogP contribution in [0.4, 0.5) is 4.39 Å². The van der Waals surface area contributed by atoms with Gasteiger partial charge in [-0.2, -0.15) is 0 Å². The van der Waals surface area contributed by atoms with Crippen molar-refractivity contribution in [3.63, 3.8) is 0 Å². The van der Waals surface area contributed by atoms with Gasteiger partial charge in [0.15, 0.2) is 0 Å². The number of imidazole rings is 1. The molecular formula is C51H42FIrN3O-2. The molecule has 0 amide bonds. The van der Waals surface area contributed by atoms with Gasteiger partial charge in [0.1, 0.15) is 11.4 Å². The number of nitrogens with zero attached hydrogens (tertiary/aromatic N) is 3. The summed E-state index contributed by atoms with van der Waals surface area (Å²) in [5.41, 5.74) is 9.88. The van der Waals surface area contributed by atoms with Gasteiger partial charge in [0.2, 0.25) is 0 Å². The number of hydrogen-bond donors (Lipinski definition) is 0. The maximum absolute atomic E-state index is 14.8. The number of aromatic nitrogens is 3. The van der Waals surface area contributed by atoms with E-state index in [2.05, 4.69) is 97.7 Å². The number of para-hydroxylation sites is 3. The molecule has 4 nitrogen and oxygen atoms in total. The summed E-state index contributed by atoms with van der Waals surface area (Å²) in [4.78, 5) is 9.12. The fourth-order valence-corrected chi connectivity index (χ4v) is 7.81. The quantitative estimate of drug-likeness (QED) is 0.130. The van der Waals surface area contributed by atoms with Crippen LogP contribution in [0.25, 0.3) is 82.7 Å². The second-order valence-corrected chi connectivity index (χ2v) is 14.7. The van der Waals surface area contributed by atoms with Crippen molar-refractivity contribution >= 4 is 60.3 Å². The third-order valence-electron chi connectivity index (χ3n) is 10.5. The number of halogens is 1. The molecule has 6 heteroatoms. The van der Waals surface area contributed by atoms with Gasteiger partial charge in [-0.15, -0.1) is 47.5 Å². The number of aryl methyl sites for hydroxylation is 3. The monoisotopic (exact) mass is 933 g/mol. The Kier molecular flexibility index (Phi) is 7.55. The predicted octanol–water partition coefficient (Wildman–Crippen LogP) is 14.0. The third-order valence-corrected chi connectivity index (χ3v) is 10.5. The van der Waals surface area contributed by atoms with Gasteiger partial charge in [-0.05, 0) is 106 Å². The maximum Gasteiger partial charge on any atom is 0.123 e. The van der Waals surface area contributed by atoms with E-state index in [0.29, 0.717) is 5.56 Å². The van der Waals surface area contributed by atoms with E-state index in [1.807, 2.05) is 24.3 Å². The van der Waals surface area contributed by atoms with Crippen LogP contribution in [-0.2, 0) is 20.1 Å². The van der Waals surface area contributed by atoms with Crippen LogP contribution >= 0.6 is 0 Å². The van der Waals surface area contributed by atoms with E-state index in [9.17, 15) is 4.39 Å². The van der Waals surface area contributed by atoms with Crippen molar-refractivity contribution in [1.82, 2.24) is 14.4 Å². The Balaban J connectivity index is 0.000000204. The number of benzene rings is 6. The van der Waals surface area contributed by atoms with Crippen molar-refractivity contribution in [2.24, 2.45) is 0 Å². The molecule has 285 valence electrons. The van der Waals surface area contributed by atoms with Gasteiger partial charge in [-0.1, -0.05) is 99.4 Å². The molecule has 0 N–H and O–H groups in total. The summed E-state index contributed by atoms with van der Waals surface area (Å²) in [7, 11) is 0. The molecule has 0 unspecified atom stereocenters. The molecule has 1 radical (unpaired) electrons. The molecule has 0 atom stereocenters. The van der Waals surface area contributed by atoms with Crippen molar-refractivity contribution in [3.8, 4) is 22.4 Å². The van der Waals surface area contributed by atoms with Crippen molar-refractivity contribution < 1.29 is 41.2 Å². The van der Waals surface area contributed by atoms with Gasteiger partial charge in [0.05, 0.1) is 22.3 Å². The Morgan fingerprint density at radius 3 is 2.23 bits per heavy atom. The Morgan fingerprint density at radius 2 is 1.49 bits per heavy atom.